The fraction of sp³-hybridized carbons (Fsp3) is 0.417. The molecule has 0 heterocycles. The van der Waals surface area contributed by atoms with E-state index in [1.165, 1.54) is 0 Å². The van der Waals surface area contributed by atoms with Gasteiger partial charge in [0.25, 0.3) is 0 Å². The van der Waals surface area contributed by atoms with E-state index in [0.717, 1.165) is 5.69 Å². The second-order valence-electron chi connectivity index (χ2n) is 4.12. The molecule has 0 aliphatic carbocycles. The first-order valence-electron chi connectivity index (χ1n) is 5.37. The van der Waals surface area contributed by atoms with Crippen LogP contribution in [0.25, 0.3) is 0 Å². The van der Waals surface area contributed by atoms with Crippen molar-refractivity contribution in [3.05, 3.63) is 30.3 Å². The van der Waals surface area contributed by atoms with Crippen molar-refractivity contribution in [2.24, 2.45) is 10.7 Å². The van der Waals surface area contributed by atoms with Crippen LogP contribution in [0.1, 0.15) is 6.92 Å². The molecule has 0 aliphatic rings. The smallest absolute Gasteiger partial charge is 0.193 e. The summed E-state index contributed by atoms with van der Waals surface area (Å²) >= 11 is 1.58. The number of nitrogens with zero attached hydrogens (tertiary/aromatic N) is 1. The lowest BCUT2D eigenvalue weighted by Crippen LogP contribution is -2.33. The largest absolute Gasteiger partial charge is 0.387 e. The van der Waals surface area contributed by atoms with Gasteiger partial charge in [0.2, 0.25) is 0 Å². The zero-order valence-corrected chi connectivity index (χ0v) is 13.7. The summed E-state index contributed by atoms with van der Waals surface area (Å²) < 4.78 is 0. The van der Waals surface area contributed by atoms with Crippen LogP contribution in [-0.2, 0) is 0 Å². The van der Waals surface area contributed by atoms with Crippen LogP contribution in [0.3, 0.4) is 0 Å². The summed E-state index contributed by atoms with van der Waals surface area (Å²) in [6.45, 7) is 2.04. The fourth-order valence-corrected chi connectivity index (χ4v) is 2.03. The summed E-state index contributed by atoms with van der Waals surface area (Å²) in [5, 5.41) is 12.9. The molecule has 0 saturated carbocycles. The lowest BCUT2D eigenvalue weighted by Gasteiger charge is -2.19. The van der Waals surface area contributed by atoms with Gasteiger partial charge in [-0.2, -0.15) is 11.8 Å². The lowest BCUT2D eigenvalue weighted by molar-refractivity contribution is 0.0956. The minimum atomic E-state index is -0.817. The SMILES string of the molecule is CSCC(C)(O)CN=C(N)Nc1ccccc1.I. The number of rotatable bonds is 5. The molecule has 0 fully saturated rings. The molecule has 0 saturated heterocycles. The zero-order chi connectivity index (χ0) is 12.7. The molecule has 1 unspecified atom stereocenters. The van der Waals surface area contributed by atoms with E-state index < -0.39 is 5.60 Å². The van der Waals surface area contributed by atoms with Gasteiger partial charge >= 0.3 is 0 Å². The third kappa shape index (κ3) is 7.07. The Morgan fingerprint density at radius 1 is 1.44 bits per heavy atom. The van der Waals surface area contributed by atoms with Crippen LogP contribution in [0.15, 0.2) is 35.3 Å². The summed E-state index contributed by atoms with van der Waals surface area (Å²) in [7, 11) is 0. The molecule has 0 aliphatic heterocycles. The van der Waals surface area contributed by atoms with Gasteiger partial charge in [-0.25, -0.2) is 0 Å². The second-order valence-corrected chi connectivity index (χ2v) is 4.99. The van der Waals surface area contributed by atoms with Gasteiger partial charge in [0.15, 0.2) is 5.96 Å². The third-order valence-electron chi connectivity index (χ3n) is 2.09. The maximum Gasteiger partial charge on any atom is 0.193 e. The summed E-state index contributed by atoms with van der Waals surface area (Å²) in [6, 6.07) is 9.58. The number of halogens is 1. The van der Waals surface area contributed by atoms with Crippen LogP contribution in [0, 0.1) is 0 Å². The summed E-state index contributed by atoms with van der Waals surface area (Å²) in [5.41, 5.74) is 5.80. The first kappa shape index (κ1) is 17.5. The number of anilines is 1. The van der Waals surface area contributed by atoms with Crippen molar-refractivity contribution >= 4 is 47.4 Å². The van der Waals surface area contributed by atoms with Crippen molar-refractivity contribution in [3.8, 4) is 0 Å². The predicted octanol–water partition coefficient (Wildman–Crippen LogP) is 2.15. The first-order chi connectivity index (χ1) is 8.03. The van der Waals surface area contributed by atoms with Crippen LogP contribution in [-0.4, -0.2) is 35.2 Å². The highest BCUT2D eigenvalue weighted by atomic mass is 127. The highest BCUT2D eigenvalue weighted by Gasteiger charge is 2.18. The summed E-state index contributed by atoms with van der Waals surface area (Å²) in [4.78, 5) is 4.13. The van der Waals surface area contributed by atoms with Gasteiger partial charge in [-0.1, -0.05) is 18.2 Å². The normalized spacial score (nSPS) is 14.5. The Bertz CT molecular complexity index is 371. The van der Waals surface area contributed by atoms with E-state index >= 15 is 0 Å². The van der Waals surface area contributed by atoms with Gasteiger partial charge < -0.3 is 16.2 Å². The first-order valence-corrected chi connectivity index (χ1v) is 6.76. The van der Waals surface area contributed by atoms with Crippen molar-refractivity contribution in [2.75, 3.05) is 23.9 Å². The van der Waals surface area contributed by atoms with E-state index in [1.807, 2.05) is 36.6 Å². The lowest BCUT2D eigenvalue weighted by atomic mass is 10.1. The highest BCUT2D eigenvalue weighted by molar-refractivity contribution is 14.0. The van der Waals surface area contributed by atoms with Gasteiger partial charge in [0.05, 0.1) is 12.1 Å². The zero-order valence-electron chi connectivity index (χ0n) is 10.6. The maximum atomic E-state index is 9.92. The van der Waals surface area contributed by atoms with Gasteiger partial charge in [-0.05, 0) is 25.3 Å². The maximum absolute atomic E-state index is 9.92. The number of aliphatic hydroxyl groups is 1. The molecular weight excluding hydrogens is 361 g/mol. The Hall–Kier alpha value is -0.470. The molecule has 6 heteroatoms. The molecule has 1 rings (SSSR count). The van der Waals surface area contributed by atoms with E-state index in [2.05, 4.69) is 10.3 Å². The number of guanidine groups is 1. The van der Waals surface area contributed by atoms with Crippen LogP contribution >= 0.6 is 35.7 Å². The van der Waals surface area contributed by atoms with Crippen LogP contribution in [0.4, 0.5) is 5.69 Å². The Balaban J connectivity index is 0.00000289. The quantitative estimate of drug-likeness (QED) is 0.415. The fourth-order valence-electron chi connectivity index (χ4n) is 1.32. The number of benzene rings is 1. The highest BCUT2D eigenvalue weighted by Crippen LogP contribution is 2.11. The monoisotopic (exact) mass is 381 g/mol. The van der Waals surface area contributed by atoms with Gasteiger partial charge in [-0.15, -0.1) is 24.0 Å². The molecule has 1 aromatic rings. The molecule has 18 heavy (non-hydrogen) atoms. The van der Waals surface area contributed by atoms with Crippen molar-refractivity contribution in [2.45, 2.75) is 12.5 Å². The van der Waals surface area contributed by atoms with Gasteiger partial charge in [0, 0.05) is 11.4 Å². The molecule has 0 bridgehead atoms. The number of nitrogens with two attached hydrogens (primary N) is 1. The molecule has 0 radical (unpaired) electrons. The topological polar surface area (TPSA) is 70.6 Å². The third-order valence-corrected chi connectivity index (χ3v) is 3.00. The Labute approximate surface area is 129 Å². The Morgan fingerprint density at radius 3 is 2.61 bits per heavy atom. The van der Waals surface area contributed by atoms with E-state index in [-0.39, 0.29) is 24.0 Å². The number of thioether (sulfide) groups is 1. The molecule has 0 aromatic heterocycles. The van der Waals surface area contributed by atoms with Crippen molar-refractivity contribution in [1.29, 1.82) is 0 Å². The molecule has 102 valence electrons. The average Bonchev–Trinajstić information content (AvgIpc) is 2.28. The summed E-state index contributed by atoms with van der Waals surface area (Å²) in [6.07, 6.45) is 1.95. The van der Waals surface area contributed by atoms with Crippen LogP contribution in [0.2, 0.25) is 0 Å². The van der Waals surface area contributed by atoms with Crippen molar-refractivity contribution < 1.29 is 5.11 Å². The van der Waals surface area contributed by atoms with Gasteiger partial charge in [-0.3, -0.25) is 4.99 Å². The molecule has 1 aromatic carbocycles. The second kappa shape index (κ2) is 8.60. The molecule has 0 amide bonds. The number of para-hydroxylation sites is 1. The van der Waals surface area contributed by atoms with Crippen LogP contribution < -0.4 is 11.1 Å². The number of hydrogen-bond acceptors (Lipinski definition) is 3. The molecule has 4 N–H and O–H groups in total. The average molecular weight is 381 g/mol. The molecular formula is C12H20IN3OS. The Morgan fingerprint density at radius 2 is 2.06 bits per heavy atom. The number of aliphatic imine (C=N–C) groups is 1. The predicted molar refractivity (Wildman–Crippen MR) is 91.0 cm³/mol. The van der Waals surface area contributed by atoms with Crippen molar-refractivity contribution in [1.82, 2.24) is 0 Å². The summed E-state index contributed by atoms with van der Waals surface area (Å²) in [5.74, 6) is 0.951. The van der Waals surface area contributed by atoms with Crippen molar-refractivity contribution in [3.63, 3.8) is 0 Å². The minimum absolute atomic E-state index is 0. The molecule has 4 nitrogen and oxygen atoms in total. The minimum Gasteiger partial charge on any atom is -0.387 e. The molecule has 1 atom stereocenters. The van der Waals surface area contributed by atoms with Crippen LogP contribution in [0.5, 0.6) is 0 Å². The standard InChI is InChI=1S/C12H19N3OS.HI/c1-12(16,9-17-2)8-14-11(13)15-10-6-4-3-5-7-10;/h3-7,16H,8-9H2,1-2H3,(H3,13,14,15);1H. The number of hydrogen-bond donors (Lipinski definition) is 3. The van der Waals surface area contributed by atoms with E-state index in [1.54, 1.807) is 18.7 Å². The van der Waals surface area contributed by atoms with E-state index in [4.69, 9.17) is 5.73 Å². The van der Waals surface area contributed by atoms with E-state index in [9.17, 15) is 5.11 Å². The number of nitrogens with one attached hydrogen (secondary N) is 1. The van der Waals surface area contributed by atoms with Gasteiger partial charge in [0.1, 0.15) is 0 Å². The van der Waals surface area contributed by atoms with E-state index in [0.29, 0.717) is 18.3 Å². The molecule has 0 spiro atoms. The Kier molecular flexibility index (Phi) is 8.38.